The van der Waals surface area contributed by atoms with Gasteiger partial charge in [-0.25, -0.2) is 4.98 Å². The van der Waals surface area contributed by atoms with Crippen molar-refractivity contribution in [3.63, 3.8) is 0 Å². The lowest BCUT2D eigenvalue weighted by atomic mass is 9.94. The lowest BCUT2D eigenvalue weighted by molar-refractivity contribution is 0.168. The number of nitrogens with one attached hydrogen (secondary N) is 1. The average molecular weight is 336 g/mol. The molecular formula is C21H28N4. The van der Waals surface area contributed by atoms with Crippen LogP contribution in [0.25, 0.3) is 10.9 Å². The Morgan fingerprint density at radius 3 is 2.68 bits per heavy atom. The summed E-state index contributed by atoms with van der Waals surface area (Å²) in [5.41, 5.74) is 2.54. The SMILES string of the molecule is CC(C)N1CCC(c2nccn2C(C)c2ccc3[nH]ccc3c2)CC1. The molecule has 1 atom stereocenters. The molecule has 0 amide bonds. The van der Waals surface area contributed by atoms with Crippen LogP contribution in [0.5, 0.6) is 0 Å². The minimum absolute atomic E-state index is 0.305. The number of aromatic amines is 1. The van der Waals surface area contributed by atoms with Gasteiger partial charge in [0.25, 0.3) is 0 Å². The number of hydrogen-bond donors (Lipinski definition) is 1. The molecule has 1 unspecified atom stereocenters. The van der Waals surface area contributed by atoms with Crippen molar-refractivity contribution in [3.8, 4) is 0 Å². The monoisotopic (exact) mass is 336 g/mol. The quantitative estimate of drug-likeness (QED) is 0.758. The molecule has 1 saturated heterocycles. The van der Waals surface area contributed by atoms with Crippen molar-refractivity contribution in [2.75, 3.05) is 13.1 Å². The fraction of sp³-hybridized carbons (Fsp3) is 0.476. The zero-order valence-electron chi connectivity index (χ0n) is 15.4. The standard InChI is InChI=1S/C21H28N4/c1-15(2)24-11-7-17(8-12-24)21-23-10-13-25(21)16(3)18-4-5-20-19(14-18)6-9-22-20/h4-6,9-10,13-17,22H,7-8,11-12H2,1-3H3. The Hall–Kier alpha value is -2.07. The van der Waals surface area contributed by atoms with Gasteiger partial charge in [-0.2, -0.15) is 0 Å². The lowest BCUT2D eigenvalue weighted by Gasteiger charge is -2.35. The minimum Gasteiger partial charge on any atom is -0.361 e. The predicted molar refractivity (Wildman–Crippen MR) is 103 cm³/mol. The Labute approximate surface area is 149 Å². The van der Waals surface area contributed by atoms with Crippen molar-refractivity contribution >= 4 is 10.9 Å². The molecule has 2 aromatic heterocycles. The third-order valence-corrected chi connectivity index (χ3v) is 5.80. The van der Waals surface area contributed by atoms with Crippen molar-refractivity contribution in [2.45, 2.75) is 51.6 Å². The van der Waals surface area contributed by atoms with Crippen LogP contribution in [0.15, 0.2) is 42.9 Å². The summed E-state index contributed by atoms with van der Waals surface area (Å²) in [6, 6.07) is 9.80. The zero-order chi connectivity index (χ0) is 17.4. The van der Waals surface area contributed by atoms with Crippen molar-refractivity contribution in [3.05, 3.63) is 54.2 Å². The van der Waals surface area contributed by atoms with Crippen LogP contribution in [0, 0.1) is 0 Å². The summed E-state index contributed by atoms with van der Waals surface area (Å²) in [4.78, 5) is 10.6. The van der Waals surface area contributed by atoms with Gasteiger partial charge in [0.2, 0.25) is 0 Å². The molecule has 1 fully saturated rings. The average Bonchev–Trinajstić information content (AvgIpc) is 3.29. The Kier molecular flexibility index (Phi) is 4.38. The van der Waals surface area contributed by atoms with E-state index in [2.05, 4.69) is 65.7 Å². The lowest BCUT2D eigenvalue weighted by Crippen LogP contribution is -2.38. The third kappa shape index (κ3) is 3.11. The van der Waals surface area contributed by atoms with Crippen LogP contribution in [0.1, 0.15) is 57.0 Å². The highest BCUT2D eigenvalue weighted by Gasteiger charge is 2.26. The number of piperidine rings is 1. The maximum Gasteiger partial charge on any atom is 0.112 e. The van der Waals surface area contributed by atoms with Crippen molar-refractivity contribution in [1.29, 1.82) is 0 Å². The largest absolute Gasteiger partial charge is 0.361 e. The maximum absolute atomic E-state index is 4.75. The molecule has 1 aliphatic rings. The van der Waals surface area contributed by atoms with Gasteiger partial charge in [-0.3, -0.25) is 0 Å². The van der Waals surface area contributed by atoms with E-state index >= 15 is 0 Å². The fourth-order valence-electron chi connectivity index (χ4n) is 4.13. The molecule has 0 radical (unpaired) electrons. The molecule has 4 rings (SSSR count). The second-order valence-corrected chi connectivity index (χ2v) is 7.60. The molecule has 1 aliphatic heterocycles. The van der Waals surface area contributed by atoms with Crippen molar-refractivity contribution in [2.24, 2.45) is 0 Å². The van der Waals surface area contributed by atoms with Gasteiger partial charge in [0.15, 0.2) is 0 Å². The second kappa shape index (κ2) is 6.68. The Bertz CT molecular complexity index is 836. The number of nitrogens with zero attached hydrogens (tertiary/aromatic N) is 3. The van der Waals surface area contributed by atoms with Gasteiger partial charge in [0, 0.05) is 36.1 Å². The van der Waals surface area contributed by atoms with Crippen LogP contribution in [0.4, 0.5) is 0 Å². The first kappa shape index (κ1) is 16.4. The predicted octanol–water partition coefficient (Wildman–Crippen LogP) is 4.56. The van der Waals surface area contributed by atoms with Crippen LogP contribution in [0.3, 0.4) is 0 Å². The summed E-state index contributed by atoms with van der Waals surface area (Å²) < 4.78 is 2.38. The molecule has 4 heteroatoms. The Balaban J connectivity index is 1.56. The number of fused-ring (bicyclic) bond motifs is 1. The third-order valence-electron chi connectivity index (χ3n) is 5.80. The van der Waals surface area contributed by atoms with Gasteiger partial charge in [-0.1, -0.05) is 6.07 Å². The first-order valence-electron chi connectivity index (χ1n) is 9.47. The fourth-order valence-corrected chi connectivity index (χ4v) is 4.13. The molecule has 0 bridgehead atoms. The highest BCUT2D eigenvalue weighted by Crippen LogP contribution is 2.31. The molecule has 25 heavy (non-hydrogen) atoms. The number of aromatic nitrogens is 3. The number of benzene rings is 1. The number of imidazole rings is 1. The summed E-state index contributed by atoms with van der Waals surface area (Å²) in [6.45, 7) is 9.22. The minimum atomic E-state index is 0.305. The number of H-pyrrole nitrogens is 1. The molecular weight excluding hydrogens is 308 g/mol. The van der Waals surface area contributed by atoms with E-state index in [1.54, 1.807) is 0 Å². The summed E-state index contributed by atoms with van der Waals surface area (Å²) in [5.74, 6) is 1.83. The Morgan fingerprint density at radius 2 is 1.92 bits per heavy atom. The zero-order valence-corrected chi connectivity index (χ0v) is 15.4. The van der Waals surface area contributed by atoms with E-state index in [4.69, 9.17) is 4.98 Å². The summed E-state index contributed by atoms with van der Waals surface area (Å²) in [5, 5.41) is 1.27. The van der Waals surface area contributed by atoms with Crippen LogP contribution < -0.4 is 0 Å². The van der Waals surface area contributed by atoms with Crippen molar-refractivity contribution in [1.82, 2.24) is 19.4 Å². The van der Waals surface area contributed by atoms with E-state index < -0.39 is 0 Å². The first-order chi connectivity index (χ1) is 12.1. The summed E-state index contributed by atoms with van der Waals surface area (Å²) in [7, 11) is 0. The van der Waals surface area contributed by atoms with Gasteiger partial charge in [0.05, 0.1) is 6.04 Å². The molecule has 1 aromatic carbocycles. The van der Waals surface area contributed by atoms with Crippen LogP contribution in [0.2, 0.25) is 0 Å². The Morgan fingerprint density at radius 1 is 1.12 bits per heavy atom. The van der Waals surface area contributed by atoms with Crippen LogP contribution in [-0.2, 0) is 0 Å². The van der Waals surface area contributed by atoms with Crippen molar-refractivity contribution < 1.29 is 0 Å². The highest BCUT2D eigenvalue weighted by atomic mass is 15.2. The second-order valence-electron chi connectivity index (χ2n) is 7.60. The molecule has 4 nitrogen and oxygen atoms in total. The summed E-state index contributed by atoms with van der Waals surface area (Å²) >= 11 is 0. The molecule has 132 valence electrons. The highest BCUT2D eigenvalue weighted by molar-refractivity contribution is 5.80. The molecule has 1 N–H and O–H groups in total. The molecule has 3 aromatic rings. The normalized spacial score (nSPS) is 18.2. The summed E-state index contributed by atoms with van der Waals surface area (Å²) in [6.07, 6.45) is 8.54. The van der Waals surface area contributed by atoms with E-state index in [1.807, 2.05) is 12.4 Å². The number of likely N-dealkylation sites (tertiary alicyclic amines) is 1. The van der Waals surface area contributed by atoms with Gasteiger partial charge >= 0.3 is 0 Å². The van der Waals surface area contributed by atoms with E-state index in [9.17, 15) is 0 Å². The number of rotatable bonds is 4. The van der Waals surface area contributed by atoms with E-state index in [0.717, 1.165) is 0 Å². The van der Waals surface area contributed by atoms with E-state index in [1.165, 1.54) is 48.2 Å². The van der Waals surface area contributed by atoms with E-state index in [0.29, 0.717) is 18.0 Å². The van der Waals surface area contributed by atoms with Crippen LogP contribution in [-0.4, -0.2) is 38.6 Å². The maximum atomic E-state index is 4.75. The van der Waals surface area contributed by atoms with Crippen LogP contribution >= 0.6 is 0 Å². The van der Waals surface area contributed by atoms with Gasteiger partial charge in [-0.05, 0) is 75.9 Å². The molecule has 0 saturated carbocycles. The first-order valence-corrected chi connectivity index (χ1v) is 9.47. The molecule has 3 heterocycles. The smallest absolute Gasteiger partial charge is 0.112 e. The van der Waals surface area contributed by atoms with Gasteiger partial charge < -0.3 is 14.5 Å². The van der Waals surface area contributed by atoms with E-state index in [-0.39, 0.29) is 0 Å². The number of hydrogen-bond acceptors (Lipinski definition) is 2. The topological polar surface area (TPSA) is 36.9 Å². The van der Waals surface area contributed by atoms with Gasteiger partial charge in [-0.15, -0.1) is 0 Å². The molecule has 0 spiro atoms. The van der Waals surface area contributed by atoms with Gasteiger partial charge in [0.1, 0.15) is 5.82 Å². The molecule has 0 aliphatic carbocycles.